The van der Waals surface area contributed by atoms with Crippen LogP contribution in [0.15, 0.2) is 12.4 Å². The van der Waals surface area contributed by atoms with Crippen LogP contribution < -0.4 is 0 Å². The zero-order valence-electron chi connectivity index (χ0n) is 11.7. The van der Waals surface area contributed by atoms with Gasteiger partial charge in [-0.25, -0.2) is 4.98 Å². The van der Waals surface area contributed by atoms with Gasteiger partial charge >= 0.3 is 0 Å². The van der Waals surface area contributed by atoms with Gasteiger partial charge in [-0.05, 0) is 33.6 Å². The van der Waals surface area contributed by atoms with Crippen LogP contribution in [0.4, 0.5) is 0 Å². The summed E-state index contributed by atoms with van der Waals surface area (Å²) < 4.78 is 2.22. The van der Waals surface area contributed by atoms with Gasteiger partial charge in [0.1, 0.15) is 5.82 Å². The van der Waals surface area contributed by atoms with Crippen LogP contribution in [-0.2, 0) is 6.54 Å². The van der Waals surface area contributed by atoms with E-state index in [9.17, 15) is 5.11 Å². The predicted octanol–water partition coefficient (Wildman–Crippen LogP) is 2.20. The van der Waals surface area contributed by atoms with Crippen molar-refractivity contribution in [3.05, 3.63) is 18.2 Å². The number of aromatic nitrogens is 2. The maximum absolute atomic E-state index is 9.52. The van der Waals surface area contributed by atoms with Crippen LogP contribution in [0.5, 0.6) is 0 Å². The SMILES string of the molecule is CC1CCCC(CO)N1Cc1nccn1C(C)C. The predicted molar refractivity (Wildman–Crippen MR) is 72.3 cm³/mol. The largest absolute Gasteiger partial charge is 0.395 e. The van der Waals surface area contributed by atoms with Gasteiger partial charge in [0, 0.05) is 30.5 Å². The van der Waals surface area contributed by atoms with E-state index in [0.29, 0.717) is 18.1 Å². The average Bonchev–Trinajstić information content (AvgIpc) is 2.80. The molecule has 102 valence electrons. The zero-order valence-corrected chi connectivity index (χ0v) is 11.7. The summed E-state index contributed by atoms with van der Waals surface area (Å²) in [5.41, 5.74) is 0. The Bertz CT molecular complexity index is 375. The molecule has 2 rings (SSSR count). The highest BCUT2D eigenvalue weighted by atomic mass is 16.3. The minimum atomic E-state index is 0.257. The summed E-state index contributed by atoms with van der Waals surface area (Å²) in [6.07, 6.45) is 7.46. The summed E-state index contributed by atoms with van der Waals surface area (Å²) in [6, 6.07) is 1.27. The second kappa shape index (κ2) is 5.85. The van der Waals surface area contributed by atoms with Crippen molar-refractivity contribution in [2.45, 2.75) is 64.7 Å². The van der Waals surface area contributed by atoms with E-state index in [1.54, 1.807) is 0 Å². The van der Waals surface area contributed by atoms with Crippen molar-refractivity contribution in [2.24, 2.45) is 0 Å². The highest BCUT2D eigenvalue weighted by molar-refractivity contribution is 4.96. The van der Waals surface area contributed by atoms with Crippen LogP contribution in [0.1, 0.15) is 51.9 Å². The third kappa shape index (κ3) is 2.75. The van der Waals surface area contributed by atoms with E-state index in [1.807, 2.05) is 12.4 Å². The van der Waals surface area contributed by atoms with Crippen molar-refractivity contribution < 1.29 is 5.11 Å². The molecule has 4 nitrogen and oxygen atoms in total. The van der Waals surface area contributed by atoms with Crippen LogP contribution in [0.25, 0.3) is 0 Å². The van der Waals surface area contributed by atoms with Crippen molar-refractivity contribution in [3.63, 3.8) is 0 Å². The van der Waals surface area contributed by atoms with E-state index in [-0.39, 0.29) is 6.61 Å². The molecule has 0 amide bonds. The first-order chi connectivity index (χ1) is 8.63. The van der Waals surface area contributed by atoms with Crippen LogP contribution >= 0.6 is 0 Å². The molecule has 1 aromatic heterocycles. The van der Waals surface area contributed by atoms with Crippen LogP contribution in [-0.4, -0.2) is 38.2 Å². The van der Waals surface area contributed by atoms with Crippen molar-refractivity contribution in [1.82, 2.24) is 14.5 Å². The summed E-state index contributed by atoms with van der Waals surface area (Å²) in [5.74, 6) is 1.11. The summed E-state index contributed by atoms with van der Waals surface area (Å²) >= 11 is 0. The summed E-state index contributed by atoms with van der Waals surface area (Å²) in [7, 11) is 0. The molecule has 2 unspecified atom stereocenters. The number of nitrogens with zero attached hydrogens (tertiary/aromatic N) is 3. The molecule has 0 radical (unpaired) electrons. The monoisotopic (exact) mass is 251 g/mol. The van der Waals surface area contributed by atoms with Gasteiger partial charge in [0.05, 0.1) is 13.2 Å². The number of piperidine rings is 1. The first-order valence-electron chi connectivity index (χ1n) is 7.01. The molecule has 1 saturated heterocycles. The molecule has 0 bridgehead atoms. The number of rotatable bonds is 4. The van der Waals surface area contributed by atoms with Crippen LogP contribution in [0.2, 0.25) is 0 Å². The molecular weight excluding hydrogens is 226 g/mol. The van der Waals surface area contributed by atoms with E-state index in [0.717, 1.165) is 18.8 Å². The Morgan fingerprint density at radius 2 is 2.22 bits per heavy atom. The molecule has 4 heteroatoms. The van der Waals surface area contributed by atoms with Crippen molar-refractivity contribution in [2.75, 3.05) is 6.61 Å². The van der Waals surface area contributed by atoms with Gasteiger partial charge in [0.2, 0.25) is 0 Å². The standard InChI is InChI=1S/C14H25N3O/c1-11(2)16-8-7-15-14(16)9-17-12(3)5-4-6-13(17)10-18/h7-8,11-13,18H,4-6,9-10H2,1-3H3. The van der Waals surface area contributed by atoms with Crippen LogP contribution in [0.3, 0.4) is 0 Å². The minimum Gasteiger partial charge on any atom is -0.395 e. The number of hydrogen-bond donors (Lipinski definition) is 1. The molecule has 2 atom stereocenters. The fourth-order valence-electron chi connectivity index (χ4n) is 2.92. The topological polar surface area (TPSA) is 41.3 Å². The summed E-state index contributed by atoms with van der Waals surface area (Å²) in [5, 5.41) is 9.52. The van der Waals surface area contributed by atoms with Gasteiger partial charge in [0.15, 0.2) is 0 Å². The number of hydrogen-bond acceptors (Lipinski definition) is 3. The Morgan fingerprint density at radius 1 is 1.44 bits per heavy atom. The average molecular weight is 251 g/mol. The lowest BCUT2D eigenvalue weighted by Gasteiger charge is -2.39. The highest BCUT2D eigenvalue weighted by Gasteiger charge is 2.28. The summed E-state index contributed by atoms with van der Waals surface area (Å²) in [4.78, 5) is 6.88. The third-order valence-corrected chi connectivity index (χ3v) is 4.03. The summed E-state index contributed by atoms with van der Waals surface area (Å²) in [6.45, 7) is 7.71. The minimum absolute atomic E-state index is 0.257. The quantitative estimate of drug-likeness (QED) is 0.892. The molecule has 1 fully saturated rings. The molecule has 2 heterocycles. The molecule has 1 aliphatic rings. The first kappa shape index (κ1) is 13.6. The molecular formula is C14H25N3O. The fraction of sp³-hybridized carbons (Fsp3) is 0.786. The Hall–Kier alpha value is -0.870. The number of likely N-dealkylation sites (tertiary alicyclic amines) is 1. The highest BCUT2D eigenvalue weighted by Crippen LogP contribution is 2.24. The van der Waals surface area contributed by atoms with E-state index in [2.05, 4.69) is 35.2 Å². The molecule has 0 aromatic carbocycles. The second-order valence-corrected chi connectivity index (χ2v) is 5.63. The maximum Gasteiger partial charge on any atom is 0.123 e. The lowest BCUT2D eigenvalue weighted by Crippen LogP contribution is -2.46. The number of imidazole rings is 1. The van der Waals surface area contributed by atoms with E-state index < -0.39 is 0 Å². The van der Waals surface area contributed by atoms with Crippen molar-refractivity contribution in [1.29, 1.82) is 0 Å². The number of aliphatic hydroxyl groups is 1. The van der Waals surface area contributed by atoms with Gasteiger partial charge in [0.25, 0.3) is 0 Å². The number of aliphatic hydroxyl groups excluding tert-OH is 1. The Labute approximate surface area is 110 Å². The maximum atomic E-state index is 9.52. The van der Waals surface area contributed by atoms with Crippen molar-refractivity contribution in [3.8, 4) is 0 Å². The smallest absolute Gasteiger partial charge is 0.123 e. The molecule has 1 aliphatic heterocycles. The lowest BCUT2D eigenvalue weighted by molar-refractivity contribution is 0.0420. The van der Waals surface area contributed by atoms with E-state index in [1.165, 1.54) is 12.8 Å². The van der Waals surface area contributed by atoms with Gasteiger partial charge in [-0.1, -0.05) is 6.42 Å². The van der Waals surface area contributed by atoms with Crippen molar-refractivity contribution >= 4 is 0 Å². The van der Waals surface area contributed by atoms with E-state index in [4.69, 9.17) is 0 Å². The van der Waals surface area contributed by atoms with Gasteiger partial charge in [-0.3, -0.25) is 4.90 Å². The Morgan fingerprint density at radius 3 is 2.89 bits per heavy atom. The fourth-order valence-corrected chi connectivity index (χ4v) is 2.92. The molecule has 18 heavy (non-hydrogen) atoms. The lowest BCUT2D eigenvalue weighted by atomic mass is 9.97. The molecule has 0 spiro atoms. The van der Waals surface area contributed by atoms with Crippen LogP contribution in [0, 0.1) is 0 Å². The zero-order chi connectivity index (χ0) is 13.1. The molecule has 1 N–H and O–H groups in total. The van der Waals surface area contributed by atoms with Gasteiger partial charge < -0.3 is 9.67 Å². The first-order valence-corrected chi connectivity index (χ1v) is 7.01. The van der Waals surface area contributed by atoms with E-state index >= 15 is 0 Å². The molecule has 0 saturated carbocycles. The Balaban J connectivity index is 2.12. The molecule has 0 aliphatic carbocycles. The molecule has 1 aromatic rings. The van der Waals surface area contributed by atoms with Gasteiger partial charge in [-0.2, -0.15) is 0 Å². The van der Waals surface area contributed by atoms with Gasteiger partial charge in [-0.15, -0.1) is 0 Å². The Kier molecular flexibility index (Phi) is 4.40. The third-order valence-electron chi connectivity index (χ3n) is 4.03. The normalized spacial score (nSPS) is 25.8. The second-order valence-electron chi connectivity index (χ2n) is 5.63.